The molecule has 7 nitrogen and oxygen atoms in total. The number of nitrogens with zero attached hydrogens (tertiary/aromatic N) is 5. The van der Waals surface area contributed by atoms with Crippen molar-refractivity contribution in [2.24, 2.45) is 4.99 Å². The fourth-order valence-corrected chi connectivity index (χ4v) is 2.02. The first-order valence-corrected chi connectivity index (χ1v) is 6.64. The van der Waals surface area contributed by atoms with Gasteiger partial charge in [0.15, 0.2) is 5.65 Å². The summed E-state index contributed by atoms with van der Waals surface area (Å²) in [7, 11) is 0. The molecule has 0 aliphatic heterocycles. The number of hydrogen-bond acceptors (Lipinski definition) is 5. The average Bonchev–Trinajstić information content (AvgIpc) is 2.75. The molecule has 0 atom stereocenters. The van der Waals surface area contributed by atoms with Gasteiger partial charge in [-0.25, -0.2) is 19.6 Å². The van der Waals surface area contributed by atoms with Crippen LogP contribution in [0, 0.1) is 6.92 Å². The fourth-order valence-electron chi connectivity index (χ4n) is 2.02. The van der Waals surface area contributed by atoms with Gasteiger partial charge in [0, 0.05) is 19.7 Å². The number of fused-ring (bicyclic) bond motifs is 1. The number of aliphatic imine (C=N–C) groups is 1. The Morgan fingerprint density at radius 1 is 1.48 bits per heavy atom. The molecule has 110 valence electrons. The molecule has 2 heterocycles. The van der Waals surface area contributed by atoms with Gasteiger partial charge >= 0.3 is 0 Å². The van der Waals surface area contributed by atoms with Crippen LogP contribution in [-0.4, -0.2) is 31.5 Å². The van der Waals surface area contributed by atoms with Crippen molar-refractivity contribution in [1.82, 2.24) is 25.1 Å². The average molecular weight is 286 g/mol. The zero-order chi connectivity index (χ0) is 15.6. The largest absolute Gasteiger partial charge is 0.315 e. The Bertz CT molecular complexity index is 743. The van der Waals surface area contributed by atoms with Crippen molar-refractivity contribution in [3.63, 3.8) is 0 Å². The molecule has 0 aliphatic rings. The van der Waals surface area contributed by atoms with Gasteiger partial charge in [-0.05, 0) is 20.8 Å². The number of nitrogens with one attached hydrogen (secondary N) is 1. The highest BCUT2D eigenvalue weighted by Gasteiger charge is 2.14. The topological polar surface area (TPSA) is 85.1 Å². The summed E-state index contributed by atoms with van der Waals surface area (Å²) >= 11 is 0. The van der Waals surface area contributed by atoms with Crippen molar-refractivity contribution in [2.75, 3.05) is 0 Å². The Hall–Kier alpha value is -2.57. The summed E-state index contributed by atoms with van der Waals surface area (Å²) in [4.78, 5) is 23.9. The second kappa shape index (κ2) is 5.82. The van der Waals surface area contributed by atoms with Crippen LogP contribution in [0.25, 0.3) is 16.7 Å². The molecular formula is C14H18N6O. The van der Waals surface area contributed by atoms with Gasteiger partial charge < -0.3 is 5.32 Å². The van der Waals surface area contributed by atoms with Crippen LogP contribution in [0.15, 0.2) is 17.8 Å². The van der Waals surface area contributed by atoms with Crippen molar-refractivity contribution in [2.45, 2.75) is 34.2 Å². The number of aromatic nitrogens is 4. The lowest BCUT2D eigenvalue weighted by molar-refractivity contribution is -0.117. The number of amidine groups is 1. The number of rotatable bonds is 3. The van der Waals surface area contributed by atoms with Crippen LogP contribution in [0.5, 0.6) is 0 Å². The summed E-state index contributed by atoms with van der Waals surface area (Å²) in [5.74, 6) is 0.985. The van der Waals surface area contributed by atoms with Crippen LogP contribution >= 0.6 is 0 Å². The van der Waals surface area contributed by atoms with E-state index in [2.05, 4.69) is 32.0 Å². The summed E-state index contributed by atoms with van der Waals surface area (Å²) in [5, 5.41) is 7.88. The SMILES string of the molecule is C=C(N=C(C)NC(C)=O)c1nn(CC)c2nc(C)ncc12. The molecule has 0 aliphatic carbocycles. The van der Waals surface area contributed by atoms with Crippen molar-refractivity contribution >= 4 is 28.5 Å². The lowest BCUT2D eigenvalue weighted by Gasteiger charge is -2.01. The standard InChI is InChI=1S/C14H18N6O/c1-6-20-14-12(7-15-9(3)18-14)13(19-20)8(2)16-10(4)17-11(5)21/h7H,2,6H2,1,3-5H3,(H,16,17,21). The van der Waals surface area contributed by atoms with Gasteiger partial charge in [0.25, 0.3) is 0 Å². The van der Waals surface area contributed by atoms with Gasteiger partial charge in [0.1, 0.15) is 17.4 Å². The fraction of sp³-hybridized carbons (Fsp3) is 0.357. The van der Waals surface area contributed by atoms with E-state index in [0.29, 0.717) is 29.6 Å². The van der Waals surface area contributed by atoms with Crippen LogP contribution in [0.1, 0.15) is 32.3 Å². The molecule has 21 heavy (non-hydrogen) atoms. The molecule has 1 amide bonds. The van der Waals surface area contributed by atoms with Crippen LogP contribution in [0.2, 0.25) is 0 Å². The zero-order valence-electron chi connectivity index (χ0n) is 12.6. The number of hydrogen-bond donors (Lipinski definition) is 1. The molecule has 2 rings (SSSR count). The summed E-state index contributed by atoms with van der Waals surface area (Å²) in [6, 6.07) is 0. The number of carbonyl (C=O) groups is 1. The predicted octanol–water partition coefficient (Wildman–Crippen LogP) is 1.68. The van der Waals surface area contributed by atoms with Gasteiger partial charge in [-0.1, -0.05) is 6.58 Å². The van der Waals surface area contributed by atoms with Gasteiger partial charge in [0.05, 0.1) is 11.1 Å². The molecule has 0 radical (unpaired) electrons. The smallest absolute Gasteiger partial charge is 0.222 e. The van der Waals surface area contributed by atoms with E-state index in [1.807, 2.05) is 13.8 Å². The van der Waals surface area contributed by atoms with Crippen LogP contribution in [0.3, 0.4) is 0 Å². The van der Waals surface area contributed by atoms with E-state index in [0.717, 1.165) is 11.0 Å². The lowest BCUT2D eigenvalue weighted by atomic mass is 10.2. The van der Waals surface area contributed by atoms with E-state index in [1.165, 1.54) is 6.92 Å². The first-order chi connectivity index (χ1) is 9.92. The predicted molar refractivity (Wildman–Crippen MR) is 81.7 cm³/mol. The molecule has 2 aromatic heterocycles. The molecule has 0 spiro atoms. The van der Waals surface area contributed by atoms with Crippen molar-refractivity contribution in [3.05, 3.63) is 24.3 Å². The minimum Gasteiger partial charge on any atom is -0.315 e. The van der Waals surface area contributed by atoms with E-state index >= 15 is 0 Å². The molecule has 0 saturated heterocycles. The third kappa shape index (κ3) is 3.13. The second-order valence-corrected chi connectivity index (χ2v) is 4.64. The van der Waals surface area contributed by atoms with Crippen molar-refractivity contribution in [3.8, 4) is 0 Å². The van der Waals surface area contributed by atoms with Crippen LogP contribution < -0.4 is 5.32 Å². The Morgan fingerprint density at radius 3 is 2.81 bits per heavy atom. The lowest BCUT2D eigenvalue weighted by Crippen LogP contribution is -2.25. The van der Waals surface area contributed by atoms with Gasteiger partial charge in [0.2, 0.25) is 5.91 Å². The second-order valence-electron chi connectivity index (χ2n) is 4.64. The third-order valence-corrected chi connectivity index (χ3v) is 2.84. The van der Waals surface area contributed by atoms with E-state index in [1.54, 1.807) is 17.8 Å². The van der Waals surface area contributed by atoms with E-state index in [-0.39, 0.29) is 5.91 Å². The number of amides is 1. The van der Waals surface area contributed by atoms with Crippen LogP contribution in [-0.2, 0) is 11.3 Å². The van der Waals surface area contributed by atoms with Crippen molar-refractivity contribution < 1.29 is 4.79 Å². The van der Waals surface area contributed by atoms with Crippen LogP contribution in [0.4, 0.5) is 0 Å². The maximum atomic E-state index is 11.0. The monoisotopic (exact) mass is 286 g/mol. The summed E-state index contributed by atoms with van der Waals surface area (Å²) in [6.45, 7) is 11.6. The van der Waals surface area contributed by atoms with E-state index in [4.69, 9.17) is 0 Å². The van der Waals surface area contributed by atoms with Crippen molar-refractivity contribution in [1.29, 1.82) is 0 Å². The van der Waals surface area contributed by atoms with E-state index in [9.17, 15) is 4.79 Å². The van der Waals surface area contributed by atoms with E-state index < -0.39 is 0 Å². The van der Waals surface area contributed by atoms with Gasteiger partial charge in [-0.3, -0.25) is 4.79 Å². The molecule has 0 bridgehead atoms. The zero-order valence-corrected chi connectivity index (χ0v) is 12.6. The number of carbonyl (C=O) groups excluding carboxylic acids is 1. The molecule has 2 aromatic rings. The maximum Gasteiger partial charge on any atom is 0.222 e. The normalized spacial score (nSPS) is 11.7. The first kappa shape index (κ1) is 14.8. The maximum absolute atomic E-state index is 11.0. The molecule has 0 saturated carbocycles. The third-order valence-electron chi connectivity index (χ3n) is 2.84. The Morgan fingerprint density at radius 2 is 2.19 bits per heavy atom. The summed E-state index contributed by atoms with van der Waals surface area (Å²) in [5.41, 5.74) is 1.84. The quantitative estimate of drug-likeness (QED) is 0.687. The molecule has 1 N–H and O–H groups in total. The summed E-state index contributed by atoms with van der Waals surface area (Å²) in [6.07, 6.45) is 1.72. The highest BCUT2D eigenvalue weighted by molar-refractivity contribution is 5.99. The molecular weight excluding hydrogens is 268 g/mol. The minimum atomic E-state index is -0.174. The molecule has 0 aromatic carbocycles. The highest BCUT2D eigenvalue weighted by Crippen LogP contribution is 2.22. The van der Waals surface area contributed by atoms with Gasteiger partial charge in [-0.2, -0.15) is 5.10 Å². The Balaban J connectivity index is 2.47. The van der Waals surface area contributed by atoms with Gasteiger partial charge in [-0.15, -0.1) is 0 Å². The molecule has 7 heteroatoms. The highest BCUT2D eigenvalue weighted by atomic mass is 16.1. The Labute approximate surface area is 122 Å². The first-order valence-electron chi connectivity index (χ1n) is 6.64. The molecule has 0 unspecified atom stereocenters. The molecule has 0 fully saturated rings. The minimum absolute atomic E-state index is 0.174. The number of aryl methyl sites for hydroxylation is 2. The Kier molecular flexibility index (Phi) is 4.11. The summed E-state index contributed by atoms with van der Waals surface area (Å²) < 4.78 is 1.79.